The molecule has 0 spiro atoms. The maximum Gasteiger partial charge on any atom is 0.306 e. The summed E-state index contributed by atoms with van der Waals surface area (Å²) in [5.41, 5.74) is 0. The van der Waals surface area contributed by atoms with Gasteiger partial charge in [-0.1, -0.05) is 324 Å². The van der Waals surface area contributed by atoms with Crippen LogP contribution in [-0.4, -0.2) is 99.6 Å². The van der Waals surface area contributed by atoms with Gasteiger partial charge in [-0.15, -0.1) is 0 Å². The van der Waals surface area contributed by atoms with E-state index < -0.39 is 67.4 Å². The SMILES string of the molecule is CC/C=C\C/C=C\C/C=C\C/C=C\C/C=C\C/C=C\CCCCCCCCCCC(=O)OC1C(OCC(NC(=O)C(O)CCCCCCCCCCCCCCCCCCCC)C(O)/C=C/CCCCCCCCCCCCC)OC(CO)C(O)C1O. The van der Waals surface area contributed by atoms with E-state index in [0.29, 0.717) is 19.3 Å². The molecule has 11 heteroatoms. The van der Waals surface area contributed by atoms with E-state index in [-0.39, 0.29) is 13.0 Å². The fraction of sp³-hybridized carbons (Fsp3) is 0.789. The molecule has 0 saturated carbocycles. The number of aliphatic hydroxyl groups is 5. The molecule has 0 aliphatic carbocycles. The van der Waals surface area contributed by atoms with E-state index in [1.807, 2.05) is 6.08 Å². The maximum atomic E-state index is 13.5. The van der Waals surface area contributed by atoms with Crippen molar-refractivity contribution in [3.8, 4) is 0 Å². The van der Waals surface area contributed by atoms with Crippen molar-refractivity contribution in [2.45, 2.75) is 372 Å². The quantitative estimate of drug-likeness (QED) is 0.0195. The monoisotopic (exact) mass is 1220 g/mol. The molecule has 6 N–H and O–H groups in total. The van der Waals surface area contributed by atoms with Crippen LogP contribution < -0.4 is 5.32 Å². The van der Waals surface area contributed by atoms with E-state index in [0.717, 1.165) is 109 Å². The van der Waals surface area contributed by atoms with E-state index >= 15 is 0 Å². The van der Waals surface area contributed by atoms with E-state index in [4.69, 9.17) is 14.2 Å². The molecule has 0 radical (unpaired) electrons. The fourth-order valence-electron chi connectivity index (χ4n) is 11.1. The van der Waals surface area contributed by atoms with Crippen molar-refractivity contribution in [2.24, 2.45) is 0 Å². The Morgan fingerprint density at radius 3 is 1.24 bits per heavy atom. The molecule has 504 valence electrons. The van der Waals surface area contributed by atoms with E-state index in [2.05, 4.69) is 99.0 Å². The zero-order valence-electron chi connectivity index (χ0n) is 56.1. The van der Waals surface area contributed by atoms with Crippen molar-refractivity contribution < 1.29 is 49.3 Å². The normalized spacial score (nSPS) is 18.7. The van der Waals surface area contributed by atoms with Crippen LogP contribution in [0.2, 0.25) is 0 Å². The Morgan fingerprint density at radius 1 is 0.460 bits per heavy atom. The third-order valence-corrected chi connectivity index (χ3v) is 16.8. The van der Waals surface area contributed by atoms with Crippen LogP contribution in [0.15, 0.2) is 85.1 Å². The minimum absolute atomic E-state index is 0.111. The summed E-state index contributed by atoms with van der Waals surface area (Å²) in [5, 5.41) is 57.3. The van der Waals surface area contributed by atoms with Crippen molar-refractivity contribution in [2.75, 3.05) is 13.2 Å². The predicted octanol–water partition coefficient (Wildman–Crippen LogP) is 18.8. The Kier molecular flexibility index (Phi) is 59.3. The second-order valence-corrected chi connectivity index (χ2v) is 24.9. The average molecular weight is 1220 g/mol. The van der Waals surface area contributed by atoms with Gasteiger partial charge in [0.15, 0.2) is 12.4 Å². The summed E-state index contributed by atoms with van der Waals surface area (Å²) in [6, 6.07) is -1.03. The van der Waals surface area contributed by atoms with Gasteiger partial charge in [0.05, 0.1) is 25.4 Å². The van der Waals surface area contributed by atoms with Gasteiger partial charge in [-0.25, -0.2) is 0 Å². The lowest BCUT2D eigenvalue weighted by molar-refractivity contribution is -0.305. The summed E-state index contributed by atoms with van der Waals surface area (Å²) in [5.74, 6) is -1.19. The van der Waals surface area contributed by atoms with Crippen molar-refractivity contribution in [1.29, 1.82) is 0 Å². The smallest absolute Gasteiger partial charge is 0.306 e. The number of esters is 1. The van der Waals surface area contributed by atoms with Crippen molar-refractivity contribution in [3.63, 3.8) is 0 Å². The van der Waals surface area contributed by atoms with Gasteiger partial charge >= 0.3 is 5.97 Å². The highest BCUT2D eigenvalue weighted by atomic mass is 16.7. The van der Waals surface area contributed by atoms with Crippen molar-refractivity contribution >= 4 is 11.9 Å². The van der Waals surface area contributed by atoms with E-state index in [9.17, 15) is 35.1 Å². The van der Waals surface area contributed by atoms with Gasteiger partial charge < -0.3 is 45.1 Å². The number of unbranched alkanes of at least 4 members (excludes halogenated alkanes) is 36. The molecule has 1 aliphatic rings. The summed E-state index contributed by atoms with van der Waals surface area (Å²) in [6.07, 6.45) is 73.3. The number of hydrogen-bond donors (Lipinski definition) is 6. The van der Waals surface area contributed by atoms with Gasteiger partial charge in [-0.2, -0.15) is 0 Å². The first-order valence-electron chi connectivity index (χ1n) is 36.4. The molecule has 11 nitrogen and oxygen atoms in total. The summed E-state index contributed by atoms with van der Waals surface area (Å²) < 4.78 is 17.7. The Labute approximate surface area is 533 Å². The summed E-state index contributed by atoms with van der Waals surface area (Å²) in [7, 11) is 0. The summed E-state index contributed by atoms with van der Waals surface area (Å²) >= 11 is 0. The van der Waals surface area contributed by atoms with Crippen LogP contribution in [0.5, 0.6) is 0 Å². The minimum Gasteiger partial charge on any atom is -0.454 e. The molecule has 0 aromatic carbocycles. The maximum absolute atomic E-state index is 13.5. The molecule has 0 bridgehead atoms. The lowest BCUT2D eigenvalue weighted by Crippen LogP contribution is -2.61. The number of carbonyl (C=O) groups is 2. The minimum atomic E-state index is -1.62. The first-order chi connectivity index (χ1) is 42.7. The van der Waals surface area contributed by atoms with Crippen LogP contribution in [0, 0.1) is 0 Å². The topological polar surface area (TPSA) is 175 Å². The third-order valence-electron chi connectivity index (χ3n) is 16.8. The van der Waals surface area contributed by atoms with Crippen LogP contribution in [0.4, 0.5) is 0 Å². The molecule has 1 aliphatic heterocycles. The van der Waals surface area contributed by atoms with E-state index in [1.54, 1.807) is 6.08 Å². The number of allylic oxidation sites excluding steroid dienone is 13. The summed E-state index contributed by atoms with van der Waals surface area (Å²) in [6.45, 7) is 5.71. The van der Waals surface area contributed by atoms with Crippen molar-refractivity contribution in [3.05, 3.63) is 85.1 Å². The molecule has 1 amide bonds. The van der Waals surface area contributed by atoms with Crippen LogP contribution in [-0.2, 0) is 23.8 Å². The Balaban J connectivity index is 2.57. The van der Waals surface area contributed by atoms with Crippen LogP contribution in [0.1, 0.15) is 323 Å². The molecular weight excluding hydrogens is 1090 g/mol. The number of aliphatic hydroxyl groups excluding tert-OH is 5. The van der Waals surface area contributed by atoms with Gasteiger partial charge in [-0.3, -0.25) is 9.59 Å². The number of nitrogens with one attached hydrogen (secondary N) is 1. The summed E-state index contributed by atoms with van der Waals surface area (Å²) in [4.78, 5) is 26.7. The molecule has 1 saturated heterocycles. The second-order valence-electron chi connectivity index (χ2n) is 24.9. The Morgan fingerprint density at radius 2 is 0.828 bits per heavy atom. The lowest BCUT2D eigenvalue weighted by atomic mass is 9.99. The number of amides is 1. The number of hydrogen-bond acceptors (Lipinski definition) is 10. The van der Waals surface area contributed by atoms with Crippen LogP contribution >= 0.6 is 0 Å². The molecule has 0 aromatic rings. The lowest BCUT2D eigenvalue weighted by Gasteiger charge is -2.41. The molecule has 1 rings (SSSR count). The first-order valence-corrected chi connectivity index (χ1v) is 36.4. The highest BCUT2D eigenvalue weighted by Crippen LogP contribution is 2.26. The van der Waals surface area contributed by atoms with Gasteiger partial charge in [0.1, 0.15) is 24.4 Å². The highest BCUT2D eigenvalue weighted by molar-refractivity contribution is 5.80. The molecule has 8 unspecified atom stereocenters. The van der Waals surface area contributed by atoms with Gasteiger partial charge in [0.2, 0.25) is 5.91 Å². The molecule has 1 heterocycles. The average Bonchev–Trinajstić information content (AvgIpc) is 2.51. The van der Waals surface area contributed by atoms with Gasteiger partial charge in [-0.05, 0) is 77.0 Å². The Bertz CT molecular complexity index is 1740. The standard InChI is InChI=1S/C76H135NO10/c1-4-7-10-13-16-19-22-25-27-29-31-32-33-34-35-36-37-38-39-41-43-46-49-52-55-58-61-64-71(81)87-74-73(83)72(82)70(65-78)86-76(74)85-66-67(68(79)62-59-56-53-50-47-44-24-21-18-15-12-9-6-3)77-75(84)69(80)63-60-57-54-51-48-45-42-40-30-28-26-23-20-17-14-11-8-5-2/h7,10,16,19,25,27,31-32,34-35,37-38,59,62,67-70,72-74,76,78-80,82-83H,4-6,8-9,11-15,17-18,20-24,26,28-30,33,36,39-58,60-61,63-66H2,1-3H3,(H,77,84)/b10-7-,19-16-,27-25-,32-31-,35-34-,38-37-,62-59+. The van der Waals surface area contributed by atoms with E-state index in [1.165, 1.54) is 167 Å². The Hall–Kier alpha value is -3.16. The molecular formula is C76H135NO10. The molecule has 1 fully saturated rings. The van der Waals surface area contributed by atoms with Crippen LogP contribution in [0.25, 0.3) is 0 Å². The molecule has 8 atom stereocenters. The van der Waals surface area contributed by atoms with Crippen LogP contribution in [0.3, 0.4) is 0 Å². The third kappa shape index (κ3) is 50.2. The number of carbonyl (C=O) groups excluding carboxylic acids is 2. The molecule has 0 aromatic heterocycles. The highest BCUT2D eigenvalue weighted by Gasteiger charge is 2.47. The number of ether oxygens (including phenoxy) is 3. The predicted molar refractivity (Wildman–Crippen MR) is 366 cm³/mol. The molecule has 87 heavy (non-hydrogen) atoms. The number of rotatable bonds is 62. The van der Waals surface area contributed by atoms with Crippen molar-refractivity contribution in [1.82, 2.24) is 5.32 Å². The second kappa shape index (κ2) is 63.0. The zero-order chi connectivity index (χ0) is 63.1. The first kappa shape index (κ1) is 81.9. The fourth-order valence-corrected chi connectivity index (χ4v) is 11.1. The largest absolute Gasteiger partial charge is 0.454 e. The van der Waals surface area contributed by atoms with Gasteiger partial charge in [0, 0.05) is 6.42 Å². The van der Waals surface area contributed by atoms with Gasteiger partial charge in [0.25, 0.3) is 0 Å². The zero-order valence-corrected chi connectivity index (χ0v) is 56.1.